The van der Waals surface area contributed by atoms with Crippen LogP contribution in [-0.2, 0) is 0 Å². The molecule has 0 spiro atoms. The first-order valence-corrected chi connectivity index (χ1v) is 2.72. The molecule has 0 aromatic rings. The molecule has 10 heavy (non-hydrogen) atoms. The van der Waals surface area contributed by atoms with E-state index in [2.05, 4.69) is 16.9 Å². The molecule has 1 rings (SSSR count). The molecule has 4 nitrogen and oxygen atoms in total. The first-order chi connectivity index (χ1) is 4.74. The Hall–Kier alpha value is -1.29. The third-order valence-electron chi connectivity index (χ3n) is 1.06. The number of hydrogen-bond acceptors (Lipinski definition) is 2. The van der Waals surface area contributed by atoms with Crippen LogP contribution in [0, 0.1) is 0 Å². The smallest absolute Gasteiger partial charge is 0.246 e. The van der Waals surface area contributed by atoms with Gasteiger partial charge < -0.3 is 10.2 Å². The van der Waals surface area contributed by atoms with E-state index in [4.69, 9.17) is 10.2 Å². The summed E-state index contributed by atoms with van der Waals surface area (Å²) < 4.78 is 0. The zero-order valence-electron chi connectivity index (χ0n) is 5.23. The third-order valence-corrected chi connectivity index (χ3v) is 1.06. The van der Waals surface area contributed by atoms with E-state index in [1.54, 1.807) is 0 Å². The Kier molecular flexibility index (Phi) is 1.73. The Balaban J connectivity index is 2.81. The van der Waals surface area contributed by atoms with Crippen LogP contribution in [0.1, 0.15) is 0 Å². The van der Waals surface area contributed by atoms with Crippen molar-refractivity contribution >= 4 is 5.90 Å². The molecule has 2 N–H and O–H groups in total. The van der Waals surface area contributed by atoms with Gasteiger partial charge in [0.1, 0.15) is 0 Å². The Morgan fingerprint density at radius 3 is 2.90 bits per heavy atom. The molecule has 0 bridgehead atoms. The number of aliphatic hydroxyl groups excluding tert-OH is 2. The van der Waals surface area contributed by atoms with E-state index in [0.29, 0.717) is 5.57 Å². The normalized spacial score (nSPS) is 24.3. The van der Waals surface area contributed by atoms with Crippen LogP contribution in [0.3, 0.4) is 0 Å². The Bertz CT molecular complexity index is 208. The highest BCUT2D eigenvalue weighted by molar-refractivity contribution is 5.94. The second kappa shape index (κ2) is 2.53. The van der Waals surface area contributed by atoms with Gasteiger partial charge in [-0.1, -0.05) is 12.7 Å². The lowest BCUT2D eigenvalue weighted by molar-refractivity contribution is 0.155. The molecule has 0 saturated carbocycles. The van der Waals surface area contributed by atoms with Crippen LogP contribution in [0.15, 0.2) is 29.4 Å². The van der Waals surface area contributed by atoms with E-state index >= 15 is 0 Å². The van der Waals surface area contributed by atoms with Crippen molar-refractivity contribution in [2.75, 3.05) is 0 Å². The summed E-state index contributed by atoms with van der Waals surface area (Å²) in [5, 5.41) is 21.1. The average Bonchev–Trinajstić information content (AvgIpc) is 1.88. The van der Waals surface area contributed by atoms with Crippen LogP contribution in [0.2, 0.25) is 0 Å². The fourth-order valence-electron chi connectivity index (χ4n) is 0.566. The standard InChI is InChI=1S/C6H7N2O2/c1-2-4-3-7-6(10)8-5(4)9/h2-3,6,10H,1H2,(H,8,9). The molecule has 1 aliphatic heterocycles. The van der Waals surface area contributed by atoms with Gasteiger partial charge in [-0.2, -0.15) is 4.99 Å². The number of aliphatic hydroxyl groups is 2. The molecule has 4 heteroatoms. The van der Waals surface area contributed by atoms with Crippen LogP contribution in [0.5, 0.6) is 0 Å². The topological polar surface area (TPSA) is 66.9 Å². The minimum Gasteiger partial charge on any atom is -0.493 e. The second-order valence-corrected chi connectivity index (χ2v) is 1.74. The van der Waals surface area contributed by atoms with Crippen LogP contribution < -0.4 is 5.32 Å². The van der Waals surface area contributed by atoms with E-state index in [1.807, 2.05) is 0 Å². The highest BCUT2D eigenvalue weighted by atomic mass is 16.3. The lowest BCUT2D eigenvalue weighted by Gasteiger charge is -2.10. The first kappa shape index (κ1) is 6.82. The highest BCUT2D eigenvalue weighted by Crippen LogP contribution is 2.03. The molecular weight excluding hydrogens is 132 g/mol. The molecule has 0 fully saturated rings. The Morgan fingerprint density at radius 2 is 2.40 bits per heavy atom. The van der Waals surface area contributed by atoms with Crippen LogP contribution in [0.4, 0.5) is 0 Å². The van der Waals surface area contributed by atoms with Crippen molar-refractivity contribution < 1.29 is 10.2 Å². The monoisotopic (exact) mass is 139 g/mol. The lowest BCUT2D eigenvalue weighted by Crippen LogP contribution is -2.22. The molecule has 53 valence electrons. The largest absolute Gasteiger partial charge is 0.493 e. The number of aliphatic imine (C=N–C) groups is 1. The zero-order chi connectivity index (χ0) is 7.56. The van der Waals surface area contributed by atoms with E-state index in [1.165, 1.54) is 12.3 Å². The fraction of sp³-hybridized carbons (Fsp3) is 0.167. The van der Waals surface area contributed by atoms with Gasteiger partial charge in [-0.05, 0) is 0 Å². The number of nitrogens with zero attached hydrogens (tertiary/aromatic N) is 2. The van der Waals surface area contributed by atoms with Gasteiger partial charge in [0.15, 0.2) is 0 Å². The molecule has 0 amide bonds. The molecule has 0 aliphatic carbocycles. The van der Waals surface area contributed by atoms with Gasteiger partial charge in [-0.15, -0.1) is 0 Å². The maximum absolute atomic E-state index is 8.93. The number of rotatable bonds is 1. The molecule has 0 saturated heterocycles. The predicted octanol–water partition coefficient (Wildman–Crippen LogP) is -0.0933. The molecular formula is C6H7N2O2. The molecule has 0 aromatic heterocycles. The van der Waals surface area contributed by atoms with Gasteiger partial charge in [0, 0.05) is 6.20 Å². The van der Waals surface area contributed by atoms with Gasteiger partial charge in [-0.3, -0.25) is 0 Å². The van der Waals surface area contributed by atoms with Gasteiger partial charge in [0.05, 0.1) is 5.57 Å². The van der Waals surface area contributed by atoms with E-state index in [0.717, 1.165) is 0 Å². The lowest BCUT2D eigenvalue weighted by atomic mass is 10.2. The van der Waals surface area contributed by atoms with Crippen molar-refractivity contribution in [3.05, 3.63) is 24.4 Å². The molecule has 1 aliphatic rings. The van der Waals surface area contributed by atoms with Crippen LogP contribution in [0.25, 0.3) is 0 Å². The van der Waals surface area contributed by atoms with Crippen molar-refractivity contribution in [1.29, 1.82) is 0 Å². The van der Waals surface area contributed by atoms with Crippen LogP contribution in [-0.4, -0.2) is 22.5 Å². The molecule has 0 aromatic carbocycles. The van der Waals surface area contributed by atoms with E-state index < -0.39 is 6.35 Å². The van der Waals surface area contributed by atoms with Crippen molar-refractivity contribution in [1.82, 2.24) is 5.32 Å². The summed E-state index contributed by atoms with van der Waals surface area (Å²) in [7, 11) is 0. The molecule has 1 heterocycles. The summed E-state index contributed by atoms with van der Waals surface area (Å²) >= 11 is 0. The third kappa shape index (κ3) is 1.16. The van der Waals surface area contributed by atoms with Crippen molar-refractivity contribution in [3.8, 4) is 0 Å². The minimum atomic E-state index is -1.16. The van der Waals surface area contributed by atoms with Gasteiger partial charge in [-0.25, -0.2) is 5.32 Å². The first-order valence-electron chi connectivity index (χ1n) is 2.72. The SMILES string of the molecule is C=CC1=C[N]C(O)N=C1O. The Labute approximate surface area is 58.2 Å². The molecule has 1 unspecified atom stereocenters. The maximum Gasteiger partial charge on any atom is 0.246 e. The second-order valence-electron chi connectivity index (χ2n) is 1.74. The summed E-state index contributed by atoms with van der Waals surface area (Å²) in [5.41, 5.74) is 0.422. The highest BCUT2D eigenvalue weighted by Gasteiger charge is 2.11. The summed E-state index contributed by atoms with van der Waals surface area (Å²) in [6.45, 7) is 3.41. The summed E-state index contributed by atoms with van der Waals surface area (Å²) in [6.07, 6.45) is 1.57. The Morgan fingerprint density at radius 1 is 1.70 bits per heavy atom. The van der Waals surface area contributed by atoms with Gasteiger partial charge >= 0.3 is 0 Å². The average molecular weight is 139 g/mol. The summed E-state index contributed by atoms with van der Waals surface area (Å²) in [5.74, 6) is -0.225. The zero-order valence-corrected chi connectivity index (χ0v) is 5.23. The van der Waals surface area contributed by atoms with Crippen molar-refractivity contribution in [2.24, 2.45) is 4.99 Å². The molecule has 1 atom stereocenters. The van der Waals surface area contributed by atoms with Crippen molar-refractivity contribution in [2.45, 2.75) is 6.35 Å². The molecule has 1 radical (unpaired) electrons. The van der Waals surface area contributed by atoms with Crippen molar-refractivity contribution in [3.63, 3.8) is 0 Å². The summed E-state index contributed by atoms with van der Waals surface area (Å²) in [6, 6.07) is 0. The predicted molar refractivity (Wildman–Crippen MR) is 36.5 cm³/mol. The summed E-state index contributed by atoms with van der Waals surface area (Å²) in [4.78, 5) is 3.36. The maximum atomic E-state index is 8.93. The quantitative estimate of drug-likeness (QED) is 0.533. The van der Waals surface area contributed by atoms with E-state index in [-0.39, 0.29) is 5.90 Å². The van der Waals surface area contributed by atoms with Gasteiger partial charge in [0.25, 0.3) is 0 Å². The van der Waals surface area contributed by atoms with Crippen LogP contribution >= 0.6 is 0 Å². The number of hydrogen-bond donors (Lipinski definition) is 2. The fourth-order valence-corrected chi connectivity index (χ4v) is 0.566. The van der Waals surface area contributed by atoms with E-state index in [9.17, 15) is 0 Å². The van der Waals surface area contributed by atoms with Gasteiger partial charge in [0.2, 0.25) is 12.2 Å². The minimum absolute atomic E-state index is 0.225.